The minimum Gasteiger partial charge on any atom is -0.454 e. The summed E-state index contributed by atoms with van der Waals surface area (Å²) in [5.74, 6) is 2.53. The summed E-state index contributed by atoms with van der Waals surface area (Å²) in [6, 6.07) is 5.94. The van der Waals surface area contributed by atoms with E-state index in [-0.39, 0.29) is 0 Å². The number of fused-ring (bicyclic) bond motifs is 1. The second-order valence-corrected chi connectivity index (χ2v) is 4.41. The number of nitrogens with one attached hydrogen (secondary N) is 1. The Morgan fingerprint density at radius 3 is 3.16 bits per heavy atom. The first-order valence-corrected chi connectivity index (χ1v) is 6.25. The molecular formula is C13H16N4O2. The standard InChI is InChI=1S/C13H16N4O2/c1-17-8-15-12(16-17)5-6-14-7-10-3-2-4-11-13(10)19-9-18-11/h2-4,8,14H,5-7,9H2,1H3. The summed E-state index contributed by atoms with van der Waals surface area (Å²) in [5, 5.41) is 7.60. The maximum atomic E-state index is 5.46. The van der Waals surface area contributed by atoms with Gasteiger partial charge in [0.2, 0.25) is 6.79 Å². The van der Waals surface area contributed by atoms with Crippen molar-refractivity contribution in [2.24, 2.45) is 7.05 Å². The van der Waals surface area contributed by atoms with Crippen molar-refractivity contribution in [2.75, 3.05) is 13.3 Å². The van der Waals surface area contributed by atoms with Crippen LogP contribution in [0.4, 0.5) is 0 Å². The van der Waals surface area contributed by atoms with Crippen molar-refractivity contribution in [3.63, 3.8) is 0 Å². The van der Waals surface area contributed by atoms with Gasteiger partial charge in [-0.05, 0) is 6.07 Å². The normalized spacial score (nSPS) is 12.9. The summed E-state index contributed by atoms with van der Waals surface area (Å²) >= 11 is 0. The quantitative estimate of drug-likeness (QED) is 0.808. The van der Waals surface area contributed by atoms with Crippen molar-refractivity contribution in [3.8, 4) is 11.5 Å². The molecule has 0 unspecified atom stereocenters. The van der Waals surface area contributed by atoms with Crippen LogP contribution in [0.2, 0.25) is 0 Å². The number of hydrogen-bond acceptors (Lipinski definition) is 5. The zero-order valence-corrected chi connectivity index (χ0v) is 10.8. The molecule has 1 aliphatic rings. The summed E-state index contributed by atoms with van der Waals surface area (Å²) in [7, 11) is 1.87. The van der Waals surface area contributed by atoms with Crippen LogP contribution in [0.25, 0.3) is 0 Å². The Bertz CT molecular complexity index is 568. The molecule has 1 aromatic carbocycles. The first-order valence-electron chi connectivity index (χ1n) is 6.25. The fraction of sp³-hybridized carbons (Fsp3) is 0.385. The van der Waals surface area contributed by atoms with E-state index >= 15 is 0 Å². The Balaban J connectivity index is 1.52. The van der Waals surface area contributed by atoms with Crippen LogP contribution in [0.3, 0.4) is 0 Å². The Labute approximate surface area is 111 Å². The van der Waals surface area contributed by atoms with Crippen molar-refractivity contribution >= 4 is 0 Å². The van der Waals surface area contributed by atoms with Crippen LogP contribution in [0.5, 0.6) is 11.5 Å². The van der Waals surface area contributed by atoms with Crippen LogP contribution in [0.15, 0.2) is 24.5 Å². The maximum Gasteiger partial charge on any atom is 0.231 e. The minimum atomic E-state index is 0.310. The van der Waals surface area contributed by atoms with E-state index in [0.29, 0.717) is 6.79 Å². The van der Waals surface area contributed by atoms with Crippen LogP contribution < -0.4 is 14.8 Å². The van der Waals surface area contributed by atoms with Gasteiger partial charge < -0.3 is 14.8 Å². The van der Waals surface area contributed by atoms with Crippen LogP contribution in [0.1, 0.15) is 11.4 Å². The monoisotopic (exact) mass is 260 g/mol. The predicted octanol–water partition coefficient (Wildman–Crippen LogP) is 0.876. The highest BCUT2D eigenvalue weighted by molar-refractivity contribution is 5.48. The molecular weight excluding hydrogens is 244 g/mol. The first kappa shape index (κ1) is 12.0. The average molecular weight is 260 g/mol. The van der Waals surface area contributed by atoms with Crippen molar-refractivity contribution in [2.45, 2.75) is 13.0 Å². The maximum absolute atomic E-state index is 5.46. The van der Waals surface area contributed by atoms with Crippen molar-refractivity contribution < 1.29 is 9.47 Å². The van der Waals surface area contributed by atoms with Crippen molar-refractivity contribution in [1.29, 1.82) is 0 Å². The SMILES string of the molecule is Cn1cnc(CCNCc2cccc3c2OCO3)n1. The topological polar surface area (TPSA) is 61.2 Å². The molecule has 0 radical (unpaired) electrons. The van der Waals surface area contributed by atoms with Crippen molar-refractivity contribution in [3.05, 3.63) is 35.9 Å². The number of para-hydroxylation sites is 1. The molecule has 1 aromatic heterocycles. The van der Waals surface area contributed by atoms with E-state index in [9.17, 15) is 0 Å². The predicted molar refractivity (Wildman–Crippen MR) is 69.0 cm³/mol. The minimum absolute atomic E-state index is 0.310. The summed E-state index contributed by atoms with van der Waals surface area (Å²) in [6.07, 6.45) is 2.53. The van der Waals surface area contributed by atoms with Gasteiger partial charge in [0.15, 0.2) is 17.3 Å². The lowest BCUT2D eigenvalue weighted by molar-refractivity contribution is 0.173. The molecule has 1 N–H and O–H groups in total. The van der Waals surface area contributed by atoms with E-state index in [2.05, 4.69) is 15.4 Å². The van der Waals surface area contributed by atoms with Gasteiger partial charge in [0.05, 0.1) is 0 Å². The van der Waals surface area contributed by atoms with E-state index in [1.54, 1.807) is 11.0 Å². The Hall–Kier alpha value is -2.08. The fourth-order valence-electron chi connectivity index (χ4n) is 2.05. The van der Waals surface area contributed by atoms with E-state index in [4.69, 9.17) is 9.47 Å². The Morgan fingerprint density at radius 1 is 1.37 bits per heavy atom. The lowest BCUT2D eigenvalue weighted by Crippen LogP contribution is -2.17. The van der Waals surface area contributed by atoms with Gasteiger partial charge in [-0.3, -0.25) is 4.68 Å². The molecule has 6 heteroatoms. The second-order valence-electron chi connectivity index (χ2n) is 4.41. The largest absolute Gasteiger partial charge is 0.454 e. The van der Waals surface area contributed by atoms with E-state index in [0.717, 1.165) is 42.4 Å². The number of benzene rings is 1. The van der Waals surface area contributed by atoms with Crippen LogP contribution >= 0.6 is 0 Å². The highest BCUT2D eigenvalue weighted by Crippen LogP contribution is 2.35. The molecule has 2 aromatic rings. The first-order chi connectivity index (χ1) is 9.33. The Morgan fingerprint density at radius 2 is 2.32 bits per heavy atom. The van der Waals surface area contributed by atoms with E-state index < -0.39 is 0 Å². The van der Waals surface area contributed by atoms with Crippen molar-refractivity contribution in [1.82, 2.24) is 20.1 Å². The van der Waals surface area contributed by atoms with Gasteiger partial charge in [0.25, 0.3) is 0 Å². The highest BCUT2D eigenvalue weighted by Gasteiger charge is 2.16. The number of aryl methyl sites for hydroxylation is 1. The molecule has 100 valence electrons. The zero-order valence-electron chi connectivity index (χ0n) is 10.8. The zero-order chi connectivity index (χ0) is 13.1. The van der Waals surface area contributed by atoms with Gasteiger partial charge >= 0.3 is 0 Å². The van der Waals surface area contributed by atoms with Crippen LogP contribution in [0, 0.1) is 0 Å². The smallest absolute Gasteiger partial charge is 0.231 e. The van der Waals surface area contributed by atoms with Gasteiger partial charge in [-0.15, -0.1) is 0 Å². The molecule has 0 saturated carbocycles. The molecule has 1 aliphatic heterocycles. The molecule has 0 spiro atoms. The molecule has 0 fully saturated rings. The summed E-state index contributed by atoms with van der Waals surface area (Å²) in [5.41, 5.74) is 1.11. The number of ether oxygens (including phenoxy) is 2. The third-order valence-corrected chi connectivity index (χ3v) is 2.97. The van der Waals surface area contributed by atoms with Gasteiger partial charge in [-0.1, -0.05) is 12.1 Å². The molecule has 0 saturated heterocycles. The van der Waals surface area contributed by atoms with E-state index in [1.807, 2.05) is 25.2 Å². The lowest BCUT2D eigenvalue weighted by Gasteiger charge is -2.06. The number of aromatic nitrogens is 3. The highest BCUT2D eigenvalue weighted by atomic mass is 16.7. The molecule has 3 rings (SSSR count). The molecule has 0 aliphatic carbocycles. The molecule has 2 heterocycles. The third kappa shape index (κ3) is 2.68. The van der Waals surface area contributed by atoms with Crippen LogP contribution in [-0.4, -0.2) is 28.1 Å². The van der Waals surface area contributed by atoms with Gasteiger partial charge in [0.1, 0.15) is 6.33 Å². The van der Waals surface area contributed by atoms with E-state index in [1.165, 1.54) is 0 Å². The molecule has 0 bridgehead atoms. The summed E-state index contributed by atoms with van der Waals surface area (Å²) in [6.45, 7) is 1.89. The Kier molecular flexibility index (Phi) is 3.33. The molecule has 19 heavy (non-hydrogen) atoms. The van der Waals surface area contributed by atoms with Crippen LogP contribution in [-0.2, 0) is 20.0 Å². The fourth-order valence-corrected chi connectivity index (χ4v) is 2.05. The molecule has 6 nitrogen and oxygen atoms in total. The average Bonchev–Trinajstić information content (AvgIpc) is 3.03. The van der Waals surface area contributed by atoms with Gasteiger partial charge in [-0.25, -0.2) is 4.98 Å². The molecule has 0 atom stereocenters. The van der Waals surface area contributed by atoms with Gasteiger partial charge in [-0.2, -0.15) is 5.10 Å². The number of nitrogens with zero attached hydrogens (tertiary/aromatic N) is 3. The second kappa shape index (κ2) is 5.27. The third-order valence-electron chi connectivity index (χ3n) is 2.97. The van der Waals surface area contributed by atoms with Gasteiger partial charge in [0, 0.05) is 32.1 Å². The summed E-state index contributed by atoms with van der Waals surface area (Å²) in [4.78, 5) is 4.19. The molecule has 0 amide bonds. The lowest BCUT2D eigenvalue weighted by atomic mass is 10.2. The number of hydrogen-bond donors (Lipinski definition) is 1. The number of rotatable bonds is 5. The summed E-state index contributed by atoms with van der Waals surface area (Å²) < 4.78 is 12.5.